The lowest BCUT2D eigenvalue weighted by molar-refractivity contribution is 0.0702. The highest BCUT2D eigenvalue weighted by molar-refractivity contribution is 7.20. The minimum atomic E-state index is -0.980. The number of thiophene rings is 1. The Labute approximate surface area is 190 Å². The topological polar surface area (TPSA) is 103 Å². The highest BCUT2D eigenvalue weighted by Crippen LogP contribution is 2.37. The van der Waals surface area contributed by atoms with Gasteiger partial charge in [-0.15, -0.1) is 11.3 Å². The van der Waals surface area contributed by atoms with Gasteiger partial charge >= 0.3 is 5.97 Å². The number of carboxylic acids is 1. The van der Waals surface area contributed by atoms with E-state index in [0.717, 1.165) is 27.2 Å². The van der Waals surface area contributed by atoms with E-state index in [1.165, 1.54) is 11.3 Å². The molecule has 158 valence electrons. The lowest BCUT2D eigenvalue weighted by atomic mass is 10.1. The van der Waals surface area contributed by atoms with Gasteiger partial charge in [-0.25, -0.2) is 9.78 Å². The van der Waals surface area contributed by atoms with Gasteiger partial charge in [-0.1, -0.05) is 23.7 Å². The van der Waals surface area contributed by atoms with Gasteiger partial charge in [0.2, 0.25) is 5.91 Å². The van der Waals surface area contributed by atoms with Gasteiger partial charge in [-0.3, -0.25) is 4.79 Å². The van der Waals surface area contributed by atoms with Crippen molar-refractivity contribution >= 4 is 45.0 Å². The first-order chi connectivity index (χ1) is 15.4. The van der Waals surface area contributed by atoms with Crippen LogP contribution in [0, 0.1) is 0 Å². The Morgan fingerprint density at radius 1 is 1.03 bits per heavy atom. The third-order valence-electron chi connectivity index (χ3n) is 5.14. The molecule has 0 aliphatic rings. The lowest BCUT2D eigenvalue weighted by Gasteiger charge is -2.13. The monoisotopic (exact) mass is 462 g/mol. The Balaban J connectivity index is 1.69. The van der Waals surface area contributed by atoms with Crippen LogP contribution in [0.2, 0.25) is 5.02 Å². The zero-order valence-electron chi connectivity index (χ0n) is 16.4. The molecular weight excluding hydrogens is 448 g/mol. The van der Waals surface area contributed by atoms with E-state index in [2.05, 4.69) is 4.98 Å². The van der Waals surface area contributed by atoms with Gasteiger partial charge in [0.25, 0.3) is 0 Å². The van der Waals surface area contributed by atoms with Crippen LogP contribution in [0.25, 0.3) is 32.8 Å². The summed E-state index contributed by atoms with van der Waals surface area (Å²) in [4.78, 5) is 27.4. The molecule has 5 aromatic rings. The van der Waals surface area contributed by atoms with Crippen molar-refractivity contribution in [3.8, 4) is 22.6 Å². The molecule has 32 heavy (non-hydrogen) atoms. The molecule has 0 fully saturated rings. The molecule has 0 atom stereocenters. The third kappa shape index (κ3) is 3.35. The molecule has 3 aromatic heterocycles. The van der Waals surface area contributed by atoms with E-state index >= 15 is 0 Å². The number of carboxylic acid groups (broad SMARTS) is 1. The Kier molecular flexibility index (Phi) is 4.80. The highest BCUT2D eigenvalue weighted by Gasteiger charge is 2.19. The summed E-state index contributed by atoms with van der Waals surface area (Å²) in [6.45, 7) is 0. The summed E-state index contributed by atoms with van der Waals surface area (Å²) in [7, 11) is 0. The number of carbonyl (C=O) groups is 2. The van der Waals surface area contributed by atoms with Crippen LogP contribution in [0.5, 0.6) is 0 Å². The van der Waals surface area contributed by atoms with Crippen molar-refractivity contribution in [2.45, 2.75) is 0 Å². The number of fused-ring (bicyclic) bond motifs is 1. The number of imidazole rings is 1. The summed E-state index contributed by atoms with van der Waals surface area (Å²) in [6, 6.07) is 16.5. The lowest BCUT2D eigenvalue weighted by Crippen LogP contribution is -2.11. The molecule has 0 radical (unpaired) electrons. The normalized spacial score (nSPS) is 11.2. The van der Waals surface area contributed by atoms with Crippen LogP contribution in [-0.4, -0.2) is 31.1 Å². The molecule has 3 heterocycles. The average molecular weight is 463 g/mol. The molecule has 1 amide bonds. The van der Waals surface area contributed by atoms with Crippen molar-refractivity contribution in [1.29, 1.82) is 0 Å². The fraction of sp³-hybridized carbons (Fsp3) is 0. The Morgan fingerprint density at radius 2 is 1.78 bits per heavy atom. The van der Waals surface area contributed by atoms with E-state index in [4.69, 9.17) is 17.3 Å². The third-order valence-corrected chi connectivity index (χ3v) is 6.51. The second-order valence-corrected chi connectivity index (χ2v) is 8.57. The van der Waals surface area contributed by atoms with Gasteiger partial charge in [0, 0.05) is 23.8 Å². The van der Waals surface area contributed by atoms with E-state index in [1.807, 2.05) is 45.7 Å². The molecule has 9 heteroatoms. The fourth-order valence-corrected chi connectivity index (χ4v) is 4.84. The number of nitrogens with two attached hydrogens (primary N) is 1. The molecule has 0 aliphatic heterocycles. The number of halogens is 1. The maximum Gasteiger partial charge on any atom is 0.345 e. The first-order valence-corrected chi connectivity index (χ1v) is 10.7. The van der Waals surface area contributed by atoms with E-state index in [1.54, 1.807) is 36.8 Å². The Morgan fingerprint density at radius 3 is 2.41 bits per heavy atom. The second-order valence-electron chi connectivity index (χ2n) is 7.08. The van der Waals surface area contributed by atoms with Gasteiger partial charge in [0.15, 0.2) is 0 Å². The summed E-state index contributed by atoms with van der Waals surface area (Å²) >= 11 is 7.51. The van der Waals surface area contributed by atoms with Gasteiger partial charge in [-0.05, 0) is 48.0 Å². The summed E-state index contributed by atoms with van der Waals surface area (Å²) in [5.41, 5.74) is 9.81. The maximum atomic E-state index is 11.6. The molecule has 0 bridgehead atoms. The standard InChI is InChI=1S/C23H15ClN4O3S/c24-17-9-15(5-6-16(17)22(25)29)28-18(10-20-19(28)11-21(32-20)23(30)31)13-1-3-14(4-2-13)27-8-7-26-12-27/h1-12H,(H2,25,29)(H,30,31). The maximum absolute atomic E-state index is 11.6. The molecule has 0 saturated carbocycles. The number of hydrogen-bond acceptors (Lipinski definition) is 4. The summed E-state index contributed by atoms with van der Waals surface area (Å²) < 4.78 is 4.66. The molecule has 0 spiro atoms. The number of aromatic nitrogens is 3. The fourth-order valence-electron chi connectivity index (χ4n) is 3.65. The summed E-state index contributed by atoms with van der Waals surface area (Å²) in [5, 5.41) is 9.66. The molecule has 5 rings (SSSR count). The van der Waals surface area contributed by atoms with Gasteiger partial charge in [-0.2, -0.15) is 0 Å². The van der Waals surface area contributed by atoms with Crippen LogP contribution in [-0.2, 0) is 0 Å². The number of rotatable bonds is 5. The minimum Gasteiger partial charge on any atom is -0.477 e. The average Bonchev–Trinajstić information content (AvgIpc) is 3.49. The zero-order chi connectivity index (χ0) is 22.4. The quantitative estimate of drug-likeness (QED) is 0.383. The predicted molar refractivity (Wildman–Crippen MR) is 124 cm³/mol. The predicted octanol–water partition coefficient (Wildman–Crippen LogP) is 5.00. The number of aromatic carboxylic acids is 1. The molecule has 0 aliphatic carbocycles. The molecule has 7 nitrogen and oxygen atoms in total. The van der Waals surface area contributed by atoms with Crippen LogP contribution in [0.1, 0.15) is 20.0 Å². The van der Waals surface area contributed by atoms with Crippen LogP contribution in [0.3, 0.4) is 0 Å². The Bertz CT molecular complexity index is 1480. The molecule has 0 saturated heterocycles. The van der Waals surface area contributed by atoms with Gasteiger partial charge in [0.05, 0.1) is 32.8 Å². The van der Waals surface area contributed by atoms with Crippen molar-refractivity contribution in [3.63, 3.8) is 0 Å². The number of amides is 1. The van der Waals surface area contributed by atoms with Crippen LogP contribution in [0.15, 0.2) is 73.3 Å². The van der Waals surface area contributed by atoms with E-state index in [-0.39, 0.29) is 15.5 Å². The van der Waals surface area contributed by atoms with Crippen molar-refractivity contribution < 1.29 is 14.7 Å². The van der Waals surface area contributed by atoms with Crippen LogP contribution in [0.4, 0.5) is 0 Å². The molecule has 0 unspecified atom stereocenters. The van der Waals surface area contributed by atoms with E-state index in [9.17, 15) is 14.7 Å². The summed E-state index contributed by atoms with van der Waals surface area (Å²) in [6.07, 6.45) is 5.31. The second kappa shape index (κ2) is 7.67. The molecular formula is C23H15ClN4O3S. The number of nitrogens with zero attached hydrogens (tertiary/aromatic N) is 3. The summed E-state index contributed by atoms with van der Waals surface area (Å²) in [5.74, 6) is -1.59. The number of primary amides is 1. The minimum absolute atomic E-state index is 0.224. The first-order valence-electron chi connectivity index (χ1n) is 9.49. The van der Waals surface area contributed by atoms with Crippen molar-refractivity contribution in [2.75, 3.05) is 0 Å². The molecule has 2 aromatic carbocycles. The highest BCUT2D eigenvalue weighted by atomic mass is 35.5. The first kappa shape index (κ1) is 20.0. The van der Waals surface area contributed by atoms with E-state index in [0.29, 0.717) is 5.69 Å². The van der Waals surface area contributed by atoms with Crippen molar-refractivity contribution in [3.05, 3.63) is 88.8 Å². The zero-order valence-corrected chi connectivity index (χ0v) is 18.0. The van der Waals surface area contributed by atoms with Crippen molar-refractivity contribution in [2.24, 2.45) is 5.73 Å². The van der Waals surface area contributed by atoms with Gasteiger partial charge in [0.1, 0.15) is 4.88 Å². The van der Waals surface area contributed by atoms with Gasteiger partial charge < -0.3 is 20.0 Å². The smallest absolute Gasteiger partial charge is 0.345 e. The number of hydrogen-bond donors (Lipinski definition) is 2. The number of carbonyl (C=O) groups excluding carboxylic acids is 1. The van der Waals surface area contributed by atoms with E-state index < -0.39 is 11.9 Å². The van der Waals surface area contributed by atoms with Crippen LogP contribution < -0.4 is 5.73 Å². The number of benzene rings is 2. The Hall–Kier alpha value is -3.88. The largest absolute Gasteiger partial charge is 0.477 e. The SMILES string of the molecule is NC(=O)c1ccc(-n2c(-c3ccc(-n4ccnc4)cc3)cc3sc(C(=O)O)cc32)cc1Cl. The van der Waals surface area contributed by atoms with Crippen molar-refractivity contribution in [1.82, 2.24) is 14.1 Å². The molecule has 3 N–H and O–H groups in total. The van der Waals surface area contributed by atoms with Crippen LogP contribution >= 0.6 is 22.9 Å².